The van der Waals surface area contributed by atoms with Crippen molar-refractivity contribution in [3.8, 4) is 16.9 Å². The zero-order valence-electron chi connectivity index (χ0n) is 17.2. The van der Waals surface area contributed by atoms with Gasteiger partial charge in [-0.15, -0.1) is 0 Å². The van der Waals surface area contributed by atoms with Crippen LogP contribution in [0.2, 0.25) is 0 Å². The normalized spacial score (nSPS) is 13.2. The number of phenolic OH excluding ortho intramolecular Hbond substituents is 1. The van der Waals surface area contributed by atoms with Crippen LogP contribution in [0.3, 0.4) is 0 Å². The summed E-state index contributed by atoms with van der Waals surface area (Å²) in [5.74, 6) is 0.592. The van der Waals surface area contributed by atoms with Crippen LogP contribution in [0, 0.1) is 5.92 Å². The average molecular weight is 380 g/mol. The number of methoxy groups -OCH3 is 1. The van der Waals surface area contributed by atoms with Gasteiger partial charge in [0.1, 0.15) is 5.75 Å². The van der Waals surface area contributed by atoms with Crippen LogP contribution in [0.5, 0.6) is 5.75 Å². The molecule has 0 aliphatic rings. The summed E-state index contributed by atoms with van der Waals surface area (Å²) in [5, 5.41) is 13.7. The molecule has 2 aromatic carbocycles. The molecule has 0 aromatic heterocycles. The highest BCUT2D eigenvalue weighted by Crippen LogP contribution is 2.39. The van der Waals surface area contributed by atoms with E-state index in [0.29, 0.717) is 11.6 Å². The van der Waals surface area contributed by atoms with Gasteiger partial charge in [0.05, 0.1) is 7.11 Å². The summed E-state index contributed by atoms with van der Waals surface area (Å²) in [6, 6.07) is 13.1. The molecule has 2 rings (SSSR count). The number of hydrogen-bond donors (Lipinski definition) is 2. The molecule has 28 heavy (non-hydrogen) atoms. The third-order valence-electron chi connectivity index (χ3n) is 4.96. The number of nitrogens with one attached hydrogen (secondary N) is 1. The number of carbonyl (C=O) groups is 1. The maximum Gasteiger partial charge on any atom is 0.411 e. The Hall–Kier alpha value is -3.01. The molecule has 1 unspecified atom stereocenters. The third kappa shape index (κ3) is 5.03. The van der Waals surface area contributed by atoms with Gasteiger partial charge in [0.2, 0.25) is 0 Å². The number of allylic oxidation sites excluding steroid dienone is 4. The molecule has 0 heterocycles. The van der Waals surface area contributed by atoms with Crippen LogP contribution in [0.4, 0.5) is 10.5 Å². The molecular formula is C24H29NO3. The second-order valence-electron chi connectivity index (χ2n) is 6.84. The van der Waals surface area contributed by atoms with Crippen LogP contribution in [-0.2, 0) is 4.74 Å². The molecule has 0 saturated heterocycles. The number of rotatable bonds is 6. The predicted molar refractivity (Wildman–Crippen MR) is 116 cm³/mol. The molecule has 2 aromatic rings. The lowest BCUT2D eigenvalue weighted by Gasteiger charge is -2.18. The van der Waals surface area contributed by atoms with Gasteiger partial charge < -0.3 is 9.84 Å². The van der Waals surface area contributed by atoms with Gasteiger partial charge in [0.15, 0.2) is 0 Å². The maximum absolute atomic E-state index is 11.3. The van der Waals surface area contributed by atoms with Crippen molar-refractivity contribution in [2.75, 3.05) is 12.4 Å². The van der Waals surface area contributed by atoms with Crippen molar-refractivity contribution in [1.29, 1.82) is 0 Å². The molecule has 1 atom stereocenters. The van der Waals surface area contributed by atoms with Gasteiger partial charge in [-0.3, -0.25) is 5.32 Å². The predicted octanol–water partition coefficient (Wildman–Crippen LogP) is 6.63. The Kier molecular flexibility index (Phi) is 7.44. The number of hydrogen-bond acceptors (Lipinski definition) is 3. The molecule has 0 aliphatic heterocycles. The van der Waals surface area contributed by atoms with Gasteiger partial charge in [-0.2, -0.15) is 0 Å². The first-order valence-corrected chi connectivity index (χ1v) is 9.53. The fraction of sp³-hybridized carbons (Fsp3) is 0.292. The molecule has 4 heteroatoms. The standard InChI is InChI=1S/C24H29NO3/c1-6-16(3)15-22(17(4)7-2)21-10-8-9-20(23(21)26)18-11-13-19(14-12-18)25-24(27)28-5/h6,8-15,17,26H,7H2,1-5H3,(H,25,27)/b16-6-,22-15+. The highest BCUT2D eigenvalue weighted by Gasteiger charge is 2.16. The summed E-state index contributed by atoms with van der Waals surface area (Å²) in [4.78, 5) is 11.3. The van der Waals surface area contributed by atoms with E-state index >= 15 is 0 Å². The SMILES string of the molecule is C/C=C(C)\C=C(\c1cccc(-c2ccc(NC(=O)OC)cc2)c1O)C(C)CC. The van der Waals surface area contributed by atoms with Crippen molar-refractivity contribution in [2.45, 2.75) is 34.1 Å². The Bertz CT molecular complexity index is 879. The molecule has 0 aliphatic carbocycles. The van der Waals surface area contributed by atoms with Gasteiger partial charge in [-0.25, -0.2) is 4.79 Å². The highest BCUT2D eigenvalue weighted by atomic mass is 16.5. The van der Waals surface area contributed by atoms with Crippen LogP contribution in [0.15, 0.2) is 60.2 Å². The summed E-state index contributed by atoms with van der Waals surface area (Å²) in [5.41, 5.74) is 5.41. The van der Waals surface area contributed by atoms with Crippen LogP contribution < -0.4 is 5.32 Å². The number of amides is 1. The Morgan fingerprint density at radius 2 is 1.89 bits per heavy atom. The maximum atomic E-state index is 11.3. The van der Waals surface area contributed by atoms with E-state index in [0.717, 1.165) is 28.7 Å². The van der Waals surface area contributed by atoms with E-state index in [1.807, 2.05) is 37.3 Å². The quantitative estimate of drug-likeness (QED) is 0.554. The number of aromatic hydroxyl groups is 1. The van der Waals surface area contributed by atoms with Crippen LogP contribution >= 0.6 is 0 Å². The minimum atomic E-state index is -0.514. The monoisotopic (exact) mass is 379 g/mol. The van der Waals surface area contributed by atoms with Gasteiger partial charge in [-0.05, 0) is 49.5 Å². The van der Waals surface area contributed by atoms with Crippen molar-refractivity contribution in [2.24, 2.45) is 5.92 Å². The molecule has 148 valence electrons. The largest absolute Gasteiger partial charge is 0.507 e. The molecule has 0 fully saturated rings. The summed E-state index contributed by atoms with van der Waals surface area (Å²) < 4.78 is 4.60. The van der Waals surface area contributed by atoms with E-state index in [1.165, 1.54) is 12.7 Å². The van der Waals surface area contributed by atoms with E-state index in [9.17, 15) is 9.90 Å². The zero-order chi connectivity index (χ0) is 20.7. The van der Waals surface area contributed by atoms with E-state index in [4.69, 9.17) is 0 Å². The molecular weight excluding hydrogens is 350 g/mol. The Morgan fingerprint density at radius 3 is 2.46 bits per heavy atom. The molecule has 0 radical (unpaired) electrons. The lowest BCUT2D eigenvalue weighted by molar-refractivity contribution is 0.187. The molecule has 1 amide bonds. The van der Waals surface area contributed by atoms with Crippen molar-refractivity contribution >= 4 is 17.4 Å². The number of carbonyl (C=O) groups excluding carboxylic acids is 1. The number of ether oxygens (including phenoxy) is 1. The average Bonchev–Trinajstić information content (AvgIpc) is 2.72. The van der Waals surface area contributed by atoms with E-state index in [-0.39, 0.29) is 5.75 Å². The first kappa shape index (κ1) is 21.3. The van der Waals surface area contributed by atoms with Crippen molar-refractivity contribution in [1.82, 2.24) is 0 Å². The molecule has 0 bridgehead atoms. The van der Waals surface area contributed by atoms with Gasteiger partial charge in [0, 0.05) is 16.8 Å². The van der Waals surface area contributed by atoms with Gasteiger partial charge >= 0.3 is 6.09 Å². The summed E-state index contributed by atoms with van der Waals surface area (Å²) >= 11 is 0. The minimum absolute atomic E-state index is 0.270. The van der Waals surface area contributed by atoms with Crippen LogP contribution in [0.25, 0.3) is 16.7 Å². The summed E-state index contributed by atoms with van der Waals surface area (Å²) in [6.45, 7) is 8.40. The minimum Gasteiger partial charge on any atom is -0.507 e. The first-order chi connectivity index (χ1) is 13.4. The number of benzene rings is 2. The van der Waals surface area contributed by atoms with Gasteiger partial charge in [-0.1, -0.05) is 61.9 Å². The fourth-order valence-corrected chi connectivity index (χ4v) is 2.95. The molecule has 0 saturated carbocycles. The Morgan fingerprint density at radius 1 is 1.21 bits per heavy atom. The molecule has 0 spiro atoms. The second kappa shape index (κ2) is 9.79. The zero-order valence-corrected chi connectivity index (χ0v) is 17.2. The third-order valence-corrected chi connectivity index (χ3v) is 4.96. The number of para-hydroxylation sites is 1. The summed E-state index contributed by atoms with van der Waals surface area (Å²) in [7, 11) is 1.32. The van der Waals surface area contributed by atoms with E-state index < -0.39 is 6.09 Å². The molecule has 4 nitrogen and oxygen atoms in total. The highest BCUT2D eigenvalue weighted by molar-refractivity contribution is 5.86. The first-order valence-electron chi connectivity index (χ1n) is 9.53. The Labute approximate surface area is 167 Å². The van der Waals surface area contributed by atoms with E-state index in [2.05, 4.69) is 43.0 Å². The molecule has 2 N–H and O–H groups in total. The van der Waals surface area contributed by atoms with Crippen molar-refractivity contribution < 1.29 is 14.6 Å². The topological polar surface area (TPSA) is 58.6 Å². The number of phenols is 1. The fourth-order valence-electron chi connectivity index (χ4n) is 2.95. The van der Waals surface area contributed by atoms with Crippen molar-refractivity contribution in [3.63, 3.8) is 0 Å². The summed E-state index contributed by atoms with van der Waals surface area (Å²) in [6.07, 6.45) is 4.69. The Balaban J connectivity index is 2.46. The smallest absolute Gasteiger partial charge is 0.411 e. The number of anilines is 1. The van der Waals surface area contributed by atoms with Crippen LogP contribution in [-0.4, -0.2) is 18.3 Å². The lowest BCUT2D eigenvalue weighted by atomic mass is 9.88. The second-order valence-corrected chi connectivity index (χ2v) is 6.84. The van der Waals surface area contributed by atoms with E-state index in [1.54, 1.807) is 12.1 Å². The lowest BCUT2D eigenvalue weighted by Crippen LogP contribution is -2.10. The van der Waals surface area contributed by atoms with Gasteiger partial charge in [0.25, 0.3) is 0 Å². The van der Waals surface area contributed by atoms with Crippen LogP contribution in [0.1, 0.15) is 39.7 Å². The van der Waals surface area contributed by atoms with Crippen molar-refractivity contribution in [3.05, 3.63) is 65.8 Å².